The summed E-state index contributed by atoms with van der Waals surface area (Å²) in [7, 11) is 0. The monoisotopic (exact) mass is 312 g/mol. The van der Waals surface area contributed by atoms with E-state index in [1.54, 1.807) is 0 Å². The van der Waals surface area contributed by atoms with Gasteiger partial charge in [0.25, 0.3) is 0 Å². The molecule has 1 heterocycles. The first-order valence-corrected chi connectivity index (χ1v) is 6.00. The van der Waals surface area contributed by atoms with E-state index < -0.39 is 43.2 Å². The van der Waals surface area contributed by atoms with Crippen molar-refractivity contribution in [2.45, 2.75) is 38.5 Å². The molecule has 21 heavy (non-hydrogen) atoms. The van der Waals surface area contributed by atoms with Crippen LogP contribution in [0.2, 0.25) is 0 Å². The smallest absolute Gasteiger partial charge is 0.411 e. The summed E-state index contributed by atoms with van der Waals surface area (Å²) in [6.45, 7) is 0.574. The number of alkyl halides is 3. The van der Waals surface area contributed by atoms with Crippen LogP contribution in [-0.4, -0.2) is 49.8 Å². The van der Waals surface area contributed by atoms with E-state index in [4.69, 9.17) is 14.2 Å². The van der Waals surface area contributed by atoms with Crippen molar-refractivity contribution in [2.24, 2.45) is 0 Å². The Labute approximate surface area is 118 Å². The number of ether oxygens (including phenoxy) is 4. The molecule has 6 nitrogen and oxygen atoms in total. The fourth-order valence-corrected chi connectivity index (χ4v) is 1.53. The second-order valence-corrected chi connectivity index (χ2v) is 4.23. The molecule has 9 heteroatoms. The minimum absolute atomic E-state index is 0.274. The summed E-state index contributed by atoms with van der Waals surface area (Å²) in [5.74, 6) is -1.20. The molecule has 0 bridgehead atoms. The lowest BCUT2D eigenvalue weighted by molar-refractivity contribution is -0.240. The number of halogens is 3. The lowest BCUT2D eigenvalue weighted by Crippen LogP contribution is -2.42. The van der Waals surface area contributed by atoms with Crippen LogP contribution in [-0.2, 0) is 28.5 Å². The van der Waals surface area contributed by atoms with E-state index in [-0.39, 0.29) is 6.61 Å². The van der Waals surface area contributed by atoms with Crippen molar-refractivity contribution in [3.8, 4) is 0 Å². The van der Waals surface area contributed by atoms with Crippen molar-refractivity contribution in [1.82, 2.24) is 0 Å². The fraction of sp³-hybridized carbons (Fsp3) is 0.667. The van der Waals surface area contributed by atoms with Gasteiger partial charge in [0.2, 0.25) is 0 Å². The van der Waals surface area contributed by atoms with Gasteiger partial charge in [-0.15, -0.1) is 0 Å². The minimum Gasteiger partial charge on any atom is -0.463 e. The number of hydrogen-bond acceptors (Lipinski definition) is 6. The third kappa shape index (κ3) is 7.09. The van der Waals surface area contributed by atoms with Crippen molar-refractivity contribution in [2.75, 3.05) is 13.2 Å². The van der Waals surface area contributed by atoms with Gasteiger partial charge in [0.05, 0.1) is 0 Å². The maximum atomic E-state index is 12.1. The van der Waals surface area contributed by atoms with Crippen LogP contribution < -0.4 is 0 Å². The van der Waals surface area contributed by atoms with E-state index in [2.05, 4.69) is 4.74 Å². The van der Waals surface area contributed by atoms with E-state index in [0.29, 0.717) is 0 Å². The molecular formula is C12H15F3O6. The van der Waals surface area contributed by atoms with Gasteiger partial charge in [-0.05, 0) is 12.2 Å². The lowest BCUT2D eigenvalue weighted by atomic mass is 10.1. The molecule has 1 aliphatic heterocycles. The minimum atomic E-state index is -4.49. The van der Waals surface area contributed by atoms with Crippen molar-refractivity contribution in [1.29, 1.82) is 0 Å². The largest absolute Gasteiger partial charge is 0.463 e. The summed E-state index contributed by atoms with van der Waals surface area (Å²) in [6, 6.07) is 0. The molecule has 1 rings (SSSR count). The third-order valence-corrected chi connectivity index (χ3v) is 2.30. The van der Waals surface area contributed by atoms with Crippen LogP contribution in [0.4, 0.5) is 13.2 Å². The Hall–Kier alpha value is -1.61. The van der Waals surface area contributed by atoms with Gasteiger partial charge in [-0.2, -0.15) is 13.2 Å². The highest BCUT2D eigenvalue weighted by molar-refractivity contribution is 5.66. The van der Waals surface area contributed by atoms with E-state index in [1.165, 1.54) is 19.1 Å². The Morgan fingerprint density at radius 1 is 1.19 bits per heavy atom. The van der Waals surface area contributed by atoms with Crippen LogP contribution in [0.5, 0.6) is 0 Å². The first kappa shape index (κ1) is 17.4. The van der Waals surface area contributed by atoms with Crippen LogP contribution in [0.3, 0.4) is 0 Å². The predicted molar refractivity (Wildman–Crippen MR) is 62.0 cm³/mol. The van der Waals surface area contributed by atoms with Crippen molar-refractivity contribution in [3.05, 3.63) is 12.2 Å². The van der Waals surface area contributed by atoms with Crippen molar-refractivity contribution < 1.29 is 41.7 Å². The average molecular weight is 312 g/mol. The molecule has 0 spiro atoms. The summed E-state index contributed by atoms with van der Waals surface area (Å²) < 4.78 is 55.5. The molecule has 3 atom stereocenters. The Kier molecular flexibility index (Phi) is 6.16. The first-order chi connectivity index (χ1) is 9.67. The number of carbonyl (C=O) groups excluding carboxylic acids is 2. The standard InChI is InChI=1S/C12H15F3O6/c1-7(16)18-5-10-9(20-8(2)17)3-4-11(21-10)19-6-12(13,14)15/h3-4,9-11H,5-6H2,1-2H3/t9-,10?,11-/m0/s1. The van der Waals surface area contributed by atoms with Crippen LogP contribution >= 0.6 is 0 Å². The molecule has 1 aliphatic rings. The molecule has 0 saturated heterocycles. The molecule has 0 saturated carbocycles. The Balaban J connectivity index is 2.64. The Morgan fingerprint density at radius 2 is 1.86 bits per heavy atom. The van der Waals surface area contributed by atoms with E-state index in [0.717, 1.165) is 6.92 Å². The van der Waals surface area contributed by atoms with Gasteiger partial charge >= 0.3 is 18.1 Å². The quantitative estimate of drug-likeness (QED) is 0.563. The normalized spacial score (nSPS) is 25.5. The maximum Gasteiger partial charge on any atom is 0.411 e. The van der Waals surface area contributed by atoms with Gasteiger partial charge in [-0.25, -0.2) is 0 Å². The van der Waals surface area contributed by atoms with Gasteiger partial charge in [0, 0.05) is 13.8 Å². The molecule has 0 amide bonds. The molecular weight excluding hydrogens is 297 g/mol. The van der Waals surface area contributed by atoms with Gasteiger partial charge in [-0.1, -0.05) is 0 Å². The summed E-state index contributed by atoms with van der Waals surface area (Å²) in [6.07, 6.45) is -5.04. The summed E-state index contributed by atoms with van der Waals surface area (Å²) >= 11 is 0. The zero-order chi connectivity index (χ0) is 16.0. The van der Waals surface area contributed by atoms with Gasteiger partial charge in [0.15, 0.2) is 6.29 Å². The average Bonchev–Trinajstić information content (AvgIpc) is 2.34. The number of esters is 2. The second-order valence-electron chi connectivity index (χ2n) is 4.23. The first-order valence-electron chi connectivity index (χ1n) is 6.00. The SMILES string of the molecule is CC(=O)OCC1O[C@H](OCC(F)(F)F)C=C[C@@H]1OC(C)=O. The predicted octanol–water partition coefficient (Wildman–Crippen LogP) is 1.34. The third-order valence-electron chi connectivity index (χ3n) is 2.30. The summed E-state index contributed by atoms with van der Waals surface area (Å²) in [4.78, 5) is 21.7. The lowest BCUT2D eigenvalue weighted by Gasteiger charge is -2.31. The molecule has 0 aromatic carbocycles. The highest BCUT2D eigenvalue weighted by Gasteiger charge is 2.34. The molecule has 120 valence electrons. The number of hydrogen-bond donors (Lipinski definition) is 0. The second kappa shape index (κ2) is 7.41. The number of carbonyl (C=O) groups is 2. The van der Waals surface area contributed by atoms with Gasteiger partial charge in [0.1, 0.15) is 25.4 Å². The van der Waals surface area contributed by atoms with Crippen molar-refractivity contribution >= 4 is 11.9 Å². The molecule has 0 fully saturated rings. The highest BCUT2D eigenvalue weighted by Crippen LogP contribution is 2.21. The van der Waals surface area contributed by atoms with Gasteiger partial charge < -0.3 is 18.9 Å². The number of rotatable bonds is 5. The molecule has 0 N–H and O–H groups in total. The molecule has 0 aliphatic carbocycles. The zero-order valence-corrected chi connectivity index (χ0v) is 11.4. The molecule has 1 unspecified atom stereocenters. The molecule has 0 radical (unpaired) electrons. The van der Waals surface area contributed by atoms with Crippen LogP contribution in [0.15, 0.2) is 12.2 Å². The summed E-state index contributed by atoms with van der Waals surface area (Å²) in [5.41, 5.74) is 0. The van der Waals surface area contributed by atoms with E-state index in [1.807, 2.05) is 0 Å². The molecule has 0 aromatic rings. The highest BCUT2D eigenvalue weighted by atomic mass is 19.4. The van der Waals surface area contributed by atoms with E-state index in [9.17, 15) is 22.8 Å². The topological polar surface area (TPSA) is 71.1 Å². The van der Waals surface area contributed by atoms with Gasteiger partial charge in [-0.3, -0.25) is 9.59 Å². The Morgan fingerprint density at radius 3 is 2.38 bits per heavy atom. The fourth-order valence-electron chi connectivity index (χ4n) is 1.53. The van der Waals surface area contributed by atoms with Crippen molar-refractivity contribution in [3.63, 3.8) is 0 Å². The van der Waals surface area contributed by atoms with Crippen LogP contribution in [0.25, 0.3) is 0 Å². The zero-order valence-electron chi connectivity index (χ0n) is 11.4. The molecule has 0 aromatic heterocycles. The van der Waals surface area contributed by atoms with Crippen LogP contribution in [0.1, 0.15) is 13.8 Å². The van der Waals surface area contributed by atoms with E-state index >= 15 is 0 Å². The maximum absolute atomic E-state index is 12.1. The van der Waals surface area contributed by atoms with Crippen LogP contribution in [0, 0.1) is 0 Å². The Bertz CT molecular complexity index is 406. The summed E-state index contributed by atoms with van der Waals surface area (Å²) in [5, 5.41) is 0.